The van der Waals surface area contributed by atoms with E-state index in [1.54, 1.807) is 30.9 Å². The number of hydrogen-bond acceptors (Lipinski definition) is 9. The number of hydrogen-bond donors (Lipinski definition) is 3. The summed E-state index contributed by atoms with van der Waals surface area (Å²) in [6, 6.07) is 2.43. The number of aliphatic hydroxyl groups is 2. The fraction of sp³-hybridized carbons (Fsp3) is 0.593. The van der Waals surface area contributed by atoms with Gasteiger partial charge in [0.2, 0.25) is 11.8 Å². The summed E-state index contributed by atoms with van der Waals surface area (Å²) in [5, 5.41) is 23.4. The number of carbonyl (C=O) groups excluding carboxylic acids is 3. The maximum absolute atomic E-state index is 13.4. The van der Waals surface area contributed by atoms with Gasteiger partial charge in [-0.05, 0) is 40.8 Å². The number of aliphatic hydroxyl groups excluding tert-OH is 2. The van der Waals surface area contributed by atoms with Crippen molar-refractivity contribution in [1.29, 1.82) is 0 Å². The standard InChI is InChI=1S/C27H38IN3O8/c1-17(2)27(36)31(6-5-30-7-10-38-11-8-30)21-14-19(26(35)29-4-9-32)15-22(24(21)34)39-25-20(28)12-18(16-33)13-23(25)37-3/h12-13,15-17,21-22,24,32,34H,4-11,14H2,1-3H3,(H,29,35)/t21-,22+,24+/m1/s1. The van der Waals surface area contributed by atoms with Crippen LogP contribution in [0.3, 0.4) is 0 Å². The van der Waals surface area contributed by atoms with Gasteiger partial charge in [0, 0.05) is 56.2 Å². The molecule has 0 unspecified atom stereocenters. The van der Waals surface area contributed by atoms with Crippen LogP contribution in [0, 0.1) is 9.49 Å². The average Bonchev–Trinajstić information content (AvgIpc) is 2.94. The van der Waals surface area contributed by atoms with Crippen LogP contribution in [0.15, 0.2) is 23.8 Å². The Morgan fingerprint density at radius 3 is 2.64 bits per heavy atom. The van der Waals surface area contributed by atoms with Crippen LogP contribution >= 0.6 is 22.6 Å². The summed E-state index contributed by atoms with van der Waals surface area (Å²) in [6.45, 7) is 7.19. The number of nitrogens with zero attached hydrogens (tertiary/aromatic N) is 2. The zero-order chi connectivity index (χ0) is 28.5. The fourth-order valence-corrected chi connectivity index (χ4v) is 5.44. The van der Waals surface area contributed by atoms with E-state index in [-0.39, 0.29) is 31.4 Å². The lowest BCUT2D eigenvalue weighted by atomic mass is 9.87. The Morgan fingerprint density at radius 2 is 2.03 bits per heavy atom. The van der Waals surface area contributed by atoms with E-state index in [9.17, 15) is 24.6 Å². The molecule has 2 amide bonds. The van der Waals surface area contributed by atoms with Crippen LogP contribution in [0.1, 0.15) is 30.6 Å². The number of carbonyl (C=O) groups is 3. The Morgan fingerprint density at radius 1 is 1.31 bits per heavy atom. The molecule has 1 aromatic rings. The number of morpholine rings is 1. The molecule has 0 aromatic heterocycles. The Labute approximate surface area is 242 Å². The van der Waals surface area contributed by atoms with Crippen LogP contribution in [0.5, 0.6) is 11.5 Å². The molecule has 39 heavy (non-hydrogen) atoms. The van der Waals surface area contributed by atoms with E-state index in [1.807, 2.05) is 22.6 Å². The van der Waals surface area contributed by atoms with Crippen molar-refractivity contribution in [2.45, 2.75) is 38.5 Å². The monoisotopic (exact) mass is 659 g/mol. The Kier molecular flexibility index (Phi) is 12.0. The van der Waals surface area contributed by atoms with Crippen LogP contribution in [0.25, 0.3) is 0 Å². The molecule has 11 nitrogen and oxygen atoms in total. The van der Waals surface area contributed by atoms with E-state index in [4.69, 9.17) is 14.2 Å². The first-order valence-corrected chi connectivity index (χ1v) is 14.2. The maximum Gasteiger partial charge on any atom is 0.247 e. The number of methoxy groups -OCH3 is 1. The van der Waals surface area contributed by atoms with E-state index < -0.39 is 24.2 Å². The lowest BCUT2D eigenvalue weighted by Crippen LogP contribution is -2.57. The van der Waals surface area contributed by atoms with Gasteiger partial charge in [0.1, 0.15) is 18.5 Å². The number of nitrogens with one attached hydrogen (secondary N) is 1. The summed E-state index contributed by atoms with van der Waals surface area (Å²) in [7, 11) is 1.45. The van der Waals surface area contributed by atoms with Gasteiger partial charge in [-0.1, -0.05) is 13.8 Å². The summed E-state index contributed by atoms with van der Waals surface area (Å²) < 4.78 is 17.7. The molecule has 0 bridgehead atoms. The zero-order valence-corrected chi connectivity index (χ0v) is 24.8. The molecule has 216 valence electrons. The molecule has 3 rings (SSSR count). The van der Waals surface area contributed by atoms with Gasteiger partial charge in [-0.15, -0.1) is 0 Å². The van der Waals surface area contributed by atoms with Gasteiger partial charge in [0.05, 0.1) is 36.5 Å². The lowest BCUT2D eigenvalue weighted by Gasteiger charge is -2.42. The molecule has 1 heterocycles. The van der Waals surface area contributed by atoms with Crippen molar-refractivity contribution in [2.24, 2.45) is 5.92 Å². The molecule has 1 fully saturated rings. The summed E-state index contributed by atoms with van der Waals surface area (Å²) in [5.41, 5.74) is 0.747. The molecule has 1 aliphatic carbocycles. The van der Waals surface area contributed by atoms with E-state index in [1.165, 1.54) is 13.2 Å². The van der Waals surface area contributed by atoms with Gasteiger partial charge >= 0.3 is 0 Å². The zero-order valence-electron chi connectivity index (χ0n) is 22.6. The van der Waals surface area contributed by atoms with Crippen molar-refractivity contribution in [2.75, 3.05) is 59.7 Å². The van der Waals surface area contributed by atoms with Crippen LogP contribution in [0.2, 0.25) is 0 Å². The largest absolute Gasteiger partial charge is 0.493 e. The van der Waals surface area contributed by atoms with Crippen molar-refractivity contribution < 1.29 is 38.8 Å². The van der Waals surface area contributed by atoms with Gasteiger partial charge in [-0.3, -0.25) is 19.3 Å². The molecule has 1 aliphatic heterocycles. The van der Waals surface area contributed by atoms with Gasteiger partial charge in [-0.25, -0.2) is 0 Å². The predicted octanol–water partition coefficient (Wildman–Crippen LogP) is 0.845. The van der Waals surface area contributed by atoms with Crippen LogP contribution in [0.4, 0.5) is 0 Å². The van der Waals surface area contributed by atoms with E-state index in [0.29, 0.717) is 58.8 Å². The first-order chi connectivity index (χ1) is 18.7. The molecule has 12 heteroatoms. The van der Waals surface area contributed by atoms with Gasteiger partial charge in [0.15, 0.2) is 11.5 Å². The van der Waals surface area contributed by atoms with Gasteiger partial charge in [-0.2, -0.15) is 0 Å². The van der Waals surface area contributed by atoms with Crippen LogP contribution < -0.4 is 14.8 Å². The molecular weight excluding hydrogens is 621 g/mol. The molecule has 0 spiro atoms. The smallest absolute Gasteiger partial charge is 0.247 e. The highest BCUT2D eigenvalue weighted by Crippen LogP contribution is 2.37. The first kappa shape index (κ1) is 31.3. The summed E-state index contributed by atoms with van der Waals surface area (Å²) in [4.78, 5) is 41.6. The van der Waals surface area contributed by atoms with E-state index >= 15 is 0 Å². The quantitative estimate of drug-likeness (QED) is 0.220. The van der Waals surface area contributed by atoms with Crippen molar-refractivity contribution in [3.05, 3.63) is 32.9 Å². The third-order valence-electron chi connectivity index (χ3n) is 6.79. The van der Waals surface area contributed by atoms with E-state index in [2.05, 4.69) is 10.2 Å². The van der Waals surface area contributed by atoms with Gasteiger partial charge in [0.25, 0.3) is 0 Å². The van der Waals surface area contributed by atoms with Crippen molar-refractivity contribution in [1.82, 2.24) is 15.1 Å². The third kappa shape index (κ3) is 8.13. The number of ether oxygens (including phenoxy) is 3. The molecule has 1 saturated heterocycles. The van der Waals surface area contributed by atoms with Crippen molar-refractivity contribution in [3.8, 4) is 11.5 Å². The predicted molar refractivity (Wildman–Crippen MR) is 152 cm³/mol. The van der Waals surface area contributed by atoms with Crippen LogP contribution in [-0.4, -0.2) is 116 Å². The SMILES string of the molecule is COc1cc(C=O)cc(I)c1O[C@H]1C=C(C(=O)NCCO)C[C@@H](N(CCN2CCOCC2)C(=O)C(C)C)[C@@H]1O. The number of amides is 2. The minimum Gasteiger partial charge on any atom is -0.493 e. The number of aldehydes is 1. The lowest BCUT2D eigenvalue weighted by molar-refractivity contribution is -0.142. The number of benzene rings is 1. The van der Waals surface area contributed by atoms with Crippen LogP contribution in [-0.2, 0) is 14.3 Å². The molecule has 0 radical (unpaired) electrons. The summed E-state index contributed by atoms with van der Waals surface area (Å²) >= 11 is 2.02. The highest BCUT2D eigenvalue weighted by Gasteiger charge is 2.41. The maximum atomic E-state index is 13.4. The number of rotatable bonds is 12. The third-order valence-corrected chi connectivity index (χ3v) is 7.60. The second-order valence-electron chi connectivity index (χ2n) is 9.81. The summed E-state index contributed by atoms with van der Waals surface area (Å²) in [6.07, 6.45) is 0.231. The molecule has 3 N–H and O–H groups in total. The second kappa shape index (κ2) is 14.9. The Balaban J connectivity index is 1.96. The summed E-state index contributed by atoms with van der Waals surface area (Å²) in [5.74, 6) is -0.241. The van der Waals surface area contributed by atoms with Crippen molar-refractivity contribution >= 4 is 40.7 Å². The molecule has 2 aliphatic rings. The first-order valence-electron chi connectivity index (χ1n) is 13.1. The minimum atomic E-state index is -1.15. The highest BCUT2D eigenvalue weighted by atomic mass is 127. The van der Waals surface area contributed by atoms with Gasteiger partial charge < -0.3 is 34.6 Å². The molecule has 0 saturated carbocycles. The Hall–Kier alpha value is -2.26. The van der Waals surface area contributed by atoms with E-state index in [0.717, 1.165) is 13.1 Å². The average molecular weight is 660 g/mol. The number of halogens is 1. The normalized spacial score (nSPS) is 21.7. The fourth-order valence-electron chi connectivity index (χ4n) is 4.68. The molecular formula is C27H38IN3O8. The topological polar surface area (TPSA) is 138 Å². The minimum absolute atomic E-state index is 0.0689. The highest BCUT2D eigenvalue weighted by molar-refractivity contribution is 14.1. The van der Waals surface area contributed by atoms with Crippen molar-refractivity contribution in [3.63, 3.8) is 0 Å². The molecule has 3 atom stereocenters. The Bertz CT molecular complexity index is 1040. The second-order valence-corrected chi connectivity index (χ2v) is 11.0. The molecule has 1 aromatic carbocycles.